The zero-order chi connectivity index (χ0) is 23.1. The number of hydrogen-bond acceptors (Lipinski definition) is 4. The van der Waals surface area contributed by atoms with Gasteiger partial charge in [-0.15, -0.1) is 0 Å². The van der Waals surface area contributed by atoms with E-state index in [9.17, 15) is 9.59 Å². The van der Waals surface area contributed by atoms with Crippen molar-refractivity contribution >= 4 is 44.8 Å². The van der Waals surface area contributed by atoms with Gasteiger partial charge in [-0.2, -0.15) is 0 Å². The third kappa shape index (κ3) is 5.77. The van der Waals surface area contributed by atoms with E-state index in [1.54, 1.807) is 24.3 Å². The Labute approximate surface area is 197 Å². The van der Waals surface area contributed by atoms with Crippen LogP contribution in [0.25, 0.3) is 5.57 Å². The maximum Gasteiger partial charge on any atom is 0.302 e. The molecule has 1 amide bonds. The summed E-state index contributed by atoms with van der Waals surface area (Å²) in [5.41, 5.74) is 5.44. The van der Waals surface area contributed by atoms with Crippen LogP contribution in [0.1, 0.15) is 34.8 Å². The minimum Gasteiger partial charge on any atom is -0.464 e. The van der Waals surface area contributed by atoms with Gasteiger partial charge in [0.25, 0.3) is 5.91 Å². The number of rotatable bonds is 8. The van der Waals surface area contributed by atoms with Crippen molar-refractivity contribution in [1.82, 2.24) is 0 Å². The molecule has 1 aliphatic rings. The van der Waals surface area contributed by atoms with Crippen LogP contribution in [0.3, 0.4) is 0 Å². The van der Waals surface area contributed by atoms with Crippen LogP contribution in [-0.2, 0) is 16.0 Å². The number of halogens is 1. The van der Waals surface area contributed by atoms with Crippen LogP contribution in [0.4, 0.5) is 11.4 Å². The number of fused-ring (bicyclic) bond motifs is 1. The van der Waals surface area contributed by atoms with E-state index in [4.69, 9.17) is 4.74 Å². The molecular weight excluding hydrogens is 468 g/mol. The first-order valence-corrected chi connectivity index (χ1v) is 11.3. The molecule has 2 aromatic rings. The predicted octanol–water partition coefficient (Wildman–Crippen LogP) is 5.77. The number of allylic oxidation sites excluding steroid dienone is 4. The topological polar surface area (TPSA) is 58.6 Å². The second kappa shape index (κ2) is 11.0. The number of carbonyl (C=O) groups is 2. The molecule has 0 aliphatic carbocycles. The van der Waals surface area contributed by atoms with Gasteiger partial charge in [-0.05, 0) is 69.7 Å². The molecule has 0 radical (unpaired) electrons. The van der Waals surface area contributed by atoms with Gasteiger partial charge in [-0.1, -0.05) is 43.5 Å². The summed E-state index contributed by atoms with van der Waals surface area (Å²) in [7, 11) is 0. The molecule has 0 fully saturated rings. The van der Waals surface area contributed by atoms with Crippen LogP contribution in [0.5, 0.6) is 0 Å². The van der Waals surface area contributed by atoms with Crippen LogP contribution in [0.2, 0.25) is 0 Å². The molecule has 1 heterocycles. The number of esters is 1. The van der Waals surface area contributed by atoms with Gasteiger partial charge < -0.3 is 15.0 Å². The highest BCUT2D eigenvalue weighted by atomic mass is 79.9. The molecule has 0 aromatic heterocycles. The van der Waals surface area contributed by atoms with Gasteiger partial charge in [0.2, 0.25) is 0 Å². The van der Waals surface area contributed by atoms with Crippen molar-refractivity contribution in [3.8, 4) is 0 Å². The summed E-state index contributed by atoms with van der Waals surface area (Å²) in [5, 5.41) is 3.01. The molecule has 0 saturated heterocycles. The van der Waals surface area contributed by atoms with Gasteiger partial charge in [-0.25, -0.2) is 0 Å². The summed E-state index contributed by atoms with van der Waals surface area (Å²) < 4.78 is 5.95. The lowest BCUT2D eigenvalue weighted by atomic mass is 10.0. The van der Waals surface area contributed by atoms with Crippen molar-refractivity contribution < 1.29 is 14.3 Å². The van der Waals surface area contributed by atoms with Gasteiger partial charge in [0.15, 0.2) is 0 Å². The quantitative estimate of drug-likeness (QED) is 0.373. The first-order chi connectivity index (χ1) is 15.4. The highest BCUT2D eigenvalue weighted by molar-refractivity contribution is 9.10. The Balaban J connectivity index is 1.77. The normalized spacial score (nSPS) is 13.2. The fraction of sp³-hybridized carbons (Fsp3) is 0.231. The first kappa shape index (κ1) is 23.5. The van der Waals surface area contributed by atoms with E-state index in [2.05, 4.69) is 45.4 Å². The van der Waals surface area contributed by atoms with Crippen LogP contribution < -0.4 is 10.2 Å². The lowest BCUT2D eigenvalue weighted by molar-refractivity contribution is -0.140. The Morgan fingerprint density at radius 2 is 1.91 bits per heavy atom. The molecule has 0 bridgehead atoms. The van der Waals surface area contributed by atoms with E-state index in [1.807, 2.05) is 24.3 Å². The SMILES string of the molecule is C=C/C=C(\C=C)c1ccc(C(=O)Nc2cc3c(cc2Br)CCCN3CCOC(C)=O)cc1. The zero-order valence-electron chi connectivity index (χ0n) is 18.2. The van der Waals surface area contributed by atoms with E-state index < -0.39 is 0 Å². The van der Waals surface area contributed by atoms with Crippen molar-refractivity contribution in [2.75, 3.05) is 29.9 Å². The molecule has 166 valence electrons. The van der Waals surface area contributed by atoms with E-state index in [1.165, 1.54) is 12.5 Å². The predicted molar refractivity (Wildman–Crippen MR) is 134 cm³/mol. The van der Waals surface area contributed by atoms with E-state index in [0.29, 0.717) is 24.4 Å². The van der Waals surface area contributed by atoms with Gasteiger partial charge in [-0.3, -0.25) is 9.59 Å². The Morgan fingerprint density at radius 3 is 2.56 bits per heavy atom. The molecule has 0 spiro atoms. The Hall–Kier alpha value is -3.12. The number of aryl methyl sites for hydroxylation is 1. The van der Waals surface area contributed by atoms with Crippen LogP contribution in [0.15, 0.2) is 72.3 Å². The van der Waals surface area contributed by atoms with Crippen molar-refractivity contribution in [3.63, 3.8) is 0 Å². The Bertz CT molecular complexity index is 1060. The van der Waals surface area contributed by atoms with Crippen molar-refractivity contribution in [1.29, 1.82) is 0 Å². The van der Waals surface area contributed by atoms with Crippen LogP contribution in [-0.4, -0.2) is 31.6 Å². The maximum atomic E-state index is 12.9. The molecule has 0 atom stereocenters. The van der Waals surface area contributed by atoms with E-state index >= 15 is 0 Å². The zero-order valence-corrected chi connectivity index (χ0v) is 19.8. The van der Waals surface area contributed by atoms with Crippen molar-refractivity contribution in [2.24, 2.45) is 0 Å². The van der Waals surface area contributed by atoms with E-state index in [-0.39, 0.29) is 11.9 Å². The second-order valence-corrected chi connectivity index (χ2v) is 8.34. The highest BCUT2D eigenvalue weighted by Gasteiger charge is 2.20. The summed E-state index contributed by atoms with van der Waals surface area (Å²) in [6.07, 6.45) is 7.34. The second-order valence-electron chi connectivity index (χ2n) is 7.48. The average Bonchev–Trinajstić information content (AvgIpc) is 2.78. The fourth-order valence-electron chi connectivity index (χ4n) is 3.72. The largest absolute Gasteiger partial charge is 0.464 e. The van der Waals surface area contributed by atoms with Gasteiger partial charge in [0.05, 0.1) is 12.2 Å². The number of nitrogens with one attached hydrogen (secondary N) is 1. The molecule has 3 rings (SSSR count). The fourth-order valence-corrected chi connectivity index (χ4v) is 4.21. The summed E-state index contributed by atoms with van der Waals surface area (Å²) in [4.78, 5) is 26.2. The van der Waals surface area contributed by atoms with E-state index in [0.717, 1.165) is 40.7 Å². The Morgan fingerprint density at radius 1 is 1.19 bits per heavy atom. The lowest BCUT2D eigenvalue weighted by Crippen LogP contribution is -2.33. The first-order valence-electron chi connectivity index (χ1n) is 10.5. The number of hydrogen-bond donors (Lipinski definition) is 1. The summed E-state index contributed by atoms with van der Waals surface area (Å²) >= 11 is 3.59. The number of carbonyl (C=O) groups excluding carboxylic acids is 2. The number of amides is 1. The van der Waals surface area contributed by atoms with Gasteiger partial charge >= 0.3 is 5.97 Å². The number of nitrogens with zero attached hydrogens (tertiary/aromatic N) is 1. The van der Waals surface area contributed by atoms with Crippen LogP contribution in [0, 0.1) is 0 Å². The molecule has 2 aromatic carbocycles. The maximum absolute atomic E-state index is 12.9. The summed E-state index contributed by atoms with van der Waals surface area (Å²) in [5.74, 6) is -0.468. The van der Waals surface area contributed by atoms with Crippen molar-refractivity contribution in [2.45, 2.75) is 19.8 Å². The average molecular weight is 495 g/mol. The molecular formula is C26H27BrN2O3. The van der Waals surface area contributed by atoms with Crippen LogP contribution >= 0.6 is 15.9 Å². The number of benzene rings is 2. The van der Waals surface area contributed by atoms with Crippen molar-refractivity contribution in [3.05, 3.63) is 88.9 Å². The summed E-state index contributed by atoms with van der Waals surface area (Å²) in [6.45, 7) is 10.8. The third-order valence-corrected chi connectivity index (χ3v) is 5.95. The minimum absolute atomic E-state index is 0.188. The van der Waals surface area contributed by atoms with Gasteiger partial charge in [0.1, 0.15) is 6.61 Å². The Kier molecular flexibility index (Phi) is 8.06. The highest BCUT2D eigenvalue weighted by Crippen LogP contribution is 2.35. The molecule has 6 heteroatoms. The third-order valence-electron chi connectivity index (χ3n) is 5.30. The number of anilines is 2. The molecule has 1 N–H and O–H groups in total. The minimum atomic E-state index is -0.280. The van der Waals surface area contributed by atoms with Gasteiger partial charge in [0, 0.05) is 29.2 Å². The monoisotopic (exact) mass is 494 g/mol. The number of ether oxygens (including phenoxy) is 1. The molecule has 5 nitrogen and oxygen atoms in total. The molecule has 32 heavy (non-hydrogen) atoms. The summed E-state index contributed by atoms with van der Waals surface area (Å²) in [6, 6.07) is 11.4. The molecule has 0 saturated carbocycles. The standard InChI is InChI=1S/C26H27BrN2O3/c1-4-7-19(5-2)20-9-11-21(12-10-20)26(31)28-24-17-25-22(16-23(24)27)8-6-13-29(25)14-15-32-18(3)30/h4-5,7,9-12,16-17H,1-2,6,8,13-15H2,3H3,(H,28,31)/b19-7+. The lowest BCUT2D eigenvalue weighted by Gasteiger charge is -2.32. The molecule has 0 unspecified atom stereocenters. The molecule has 1 aliphatic heterocycles. The smallest absolute Gasteiger partial charge is 0.302 e.